The summed E-state index contributed by atoms with van der Waals surface area (Å²) < 4.78 is 29.4. The lowest BCUT2D eigenvalue weighted by molar-refractivity contribution is -0.116. The van der Waals surface area contributed by atoms with E-state index >= 15 is 0 Å². The molecule has 1 aliphatic rings. The van der Waals surface area contributed by atoms with E-state index in [1.165, 1.54) is 0 Å². The normalized spacial score (nSPS) is 14.8. The van der Waals surface area contributed by atoms with Crippen molar-refractivity contribution in [2.45, 2.75) is 37.0 Å². The molecule has 9 nitrogen and oxygen atoms in total. The zero-order valence-corrected chi connectivity index (χ0v) is 20.2. The first kappa shape index (κ1) is 23.9. The number of rotatable bonds is 7. The number of carbonyl (C=O) groups is 2. The maximum absolute atomic E-state index is 13.0. The van der Waals surface area contributed by atoms with Crippen LogP contribution in [-0.4, -0.2) is 54.2 Å². The third kappa shape index (κ3) is 4.97. The monoisotopic (exact) mass is 483 g/mol. The molecule has 4 rings (SSSR count). The van der Waals surface area contributed by atoms with Crippen LogP contribution in [0.25, 0.3) is 11.0 Å². The number of imidazole rings is 1. The third-order valence-corrected chi connectivity index (χ3v) is 8.03. The lowest BCUT2D eigenvalue weighted by Gasteiger charge is -2.25. The van der Waals surface area contributed by atoms with Crippen molar-refractivity contribution in [3.63, 3.8) is 0 Å². The van der Waals surface area contributed by atoms with E-state index in [1.807, 2.05) is 11.6 Å². The van der Waals surface area contributed by atoms with Gasteiger partial charge in [0.2, 0.25) is 15.9 Å². The Morgan fingerprint density at radius 1 is 1.03 bits per heavy atom. The smallest absolute Gasteiger partial charge is 0.251 e. The minimum absolute atomic E-state index is 0.173. The van der Waals surface area contributed by atoms with Gasteiger partial charge in [0, 0.05) is 51.3 Å². The molecule has 0 spiro atoms. The summed E-state index contributed by atoms with van der Waals surface area (Å²) in [7, 11) is -0.110. The minimum Gasteiger partial charge on any atom is -0.355 e. The van der Waals surface area contributed by atoms with Crippen LogP contribution >= 0.6 is 0 Å². The Labute approximate surface area is 199 Å². The summed E-state index contributed by atoms with van der Waals surface area (Å²) in [4.78, 5) is 28.9. The van der Waals surface area contributed by atoms with E-state index in [9.17, 15) is 18.0 Å². The Balaban J connectivity index is 1.43. The molecule has 0 unspecified atom stereocenters. The molecule has 180 valence electrons. The van der Waals surface area contributed by atoms with E-state index in [0.29, 0.717) is 42.1 Å². The number of aryl methyl sites for hydroxylation is 2. The molecule has 1 fully saturated rings. The Hall–Kier alpha value is -3.24. The SMILES string of the molecule is CNC(=O)c1ccc(NC(=O)CCc2nc3cc(S(=O)(=O)N4CCCCC4)ccc3n2C)cc1. The summed E-state index contributed by atoms with van der Waals surface area (Å²) in [6.07, 6.45) is 3.45. The van der Waals surface area contributed by atoms with Gasteiger partial charge in [-0.1, -0.05) is 6.42 Å². The summed E-state index contributed by atoms with van der Waals surface area (Å²) in [6, 6.07) is 11.7. The molecular weight excluding hydrogens is 454 g/mol. The molecule has 2 N–H and O–H groups in total. The van der Waals surface area contributed by atoms with E-state index < -0.39 is 10.0 Å². The highest BCUT2D eigenvalue weighted by Gasteiger charge is 2.26. The molecule has 1 aliphatic heterocycles. The summed E-state index contributed by atoms with van der Waals surface area (Å²) >= 11 is 0. The third-order valence-electron chi connectivity index (χ3n) is 6.13. The number of carbonyl (C=O) groups excluding carboxylic acids is 2. The molecule has 0 radical (unpaired) electrons. The zero-order valence-electron chi connectivity index (χ0n) is 19.4. The van der Waals surface area contributed by atoms with Crippen molar-refractivity contribution in [1.82, 2.24) is 19.2 Å². The van der Waals surface area contributed by atoms with Crippen LogP contribution in [0.3, 0.4) is 0 Å². The van der Waals surface area contributed by atoms with Crippen LogP contribution in [0.2, 0.25) is 0 Å². The number of sulfonamides is 1. The molecule has 2 heterocycles. The number of amides is 2. The second-order valence-corrected chi connectivity index (χ2v) is 10.3. The molecule has 0 atom stereocenters. The second-order valence-electron chi connectivity index (χ2n) is 8.41. The van der Waals surface area contributed by atoms with Crippen molar-refractivity contribution in [1.29, 1.82) is 0 Å². The van der Waals surface area contributed by atoms with Crippen molar-refractivity contribution >= 4 is 38.6 Å². The topological polar surface area (TPSA) is 113 Å². The molecule has 2 aromatic carbocycles. The van der Waals surface area contributed by atoms with Crippen LogP contribution in [0.1, 0.15) is 41.9 Å². The fourth-order valence-electron chi connectivity index (χ4n) is 4.17. The molecule has 2 amide bonds. The highest BCUT2D eigenvalue weighted by atomic mass is 32.2. The van der Waals surface area contributed by atoms with Crippen molar-refractivity contribution in [2.24, 2.45) is 7.05 Å². The average Bonchev–Trinajstić information content (AvgIpc) is 3.18. The van der Waals surface area contributed by atoms with Crippen molar-refractivity contribution in [3.05, 3.63) is 53.9 Å². The van der Waals surface area contributed by atoms with Gasteiger partial charge in [0.05, 0.1) is 15.9 Å². The van der Waals surface area contributed by atoms with Crippen LogP contribution in [0, 0.1) is 0 Å². The van der Waals surface area contributed by atoms with E-state index in [0.717, 1.165) is 24.8 Å². The number of fused-ring (bicyclic) bond motifs is 1. The molecule has 1 saturated heterocycles. The first-order chi connectivity index (χ1) is 16.3. The molecular formula is C24H29N5O4S. The fourth-order valence-corrected chi connectivity index (χ4v) is 5.70. The summed E-state index contributed by atoms with van der Waals surface area (Å²) in [5, 5.41) is 5.38. The summed E-state index contributed by atoms with van der Waals surface area (Å²) in [5.74, 6) is 0.340. The van der Waals surface area contributed by atoms with Gasteiger partial charge in [0.15, 0.2) is 0 Å². The van der Waals surface area contributed by atoms with Gasteiger partial charge in [-0.2, -0.15) is 4.31 Å². The van der Waals surface area contributed by atoms with Gasteiger partial charge in [0.1, 0.15) is 5.82 Å². The highest BCUT2D eigenvalue weighted by molar-refractivity contribution is 7.89. The lowest BCUT2D eigenvalue weighted by Crippen LogP contribution is -2.35. The summed E-state index contributed by atoms with van der Waals surface area (Å²) in [5.41, 5.74) is 2.54. The van der Waals surface area contributed by atoms with Gasteiger partial charge in [-0.05, 0) is 55.3 Å². The number of aromatic nitrogens is 2. The number of hydrogen-bond acceptors (Lipinski definition) is 5. The van der Waals surface area contributed by atoms with Crippen molar-refractivity contribution < 1.29 is 18.0 Å². The lowest BCUT2D eigenvalue weighted by atomic mass is 10.2. The Kier molecular flexibility index (Phi) is 6.99. The molecule has 34 heavy (non-hydrogen) atoms. The molecule has 3 aromatic rings. The van der Waals surface area contributed by atoms with Gasteiger partial charge in [-0.15, -0.1) is 0 Å². The number of nitrogens with zero attached hydrogens (tertiary/aromatic N) is 3. The largest absolute Gasteiger partial charge is 0.355 e. The first-order valence-corrected chi connectivity index (χ1v) is 12.8. The van der Waals surface area contributed by atoms with Crippen LogP contribution < -0.4 is 10.6 Å². The second kappa shape index (κ2) is 9.94. The van der Waals surface area contributed by atoms with Gasteiger partial charge >= 0.3 is 0 Å². The number of nitrogens with one attached hydrogen (secondary N) is 2. The van der Waals surface area contributed by atoms with Crippen LogP contribution in [0.15, 0.2) is 47.4 Å². The first-order valence-electron chi connectivity index (χ1n) is 11.4. The van der Waals surface area contributed by atoms with Gasteiger partial charge < -0.3 is 15.2 Å². The van der Waals surface area contributed by atoms with E-state index in [4.69, 9.17) is 0 Å². The molecule has 0 aliphatic carbocycles. The maximum Gasteiger partial charge on any atom is 0.251 e. The van der Waals surface area contributed by atoms with Crippen LogP contribution in [0.4, 0.5) is 5.69 Å². The van der Waals surface area contributed by atoms with Crippen LogP contribution in [-0.2, 0) is 28.3 Å². The van der Waals surface area contributed by atoms with Gasteiger partial charge in [-0.3, -0.25) is 9.59 Å². The number of hydrogen-bond donors (Lipinski definition) is 2. The van der Waals surface area contributed by atoms with E-state index in [-0.39, 0.29) is 23.1 Å². The number of piperidine rings is 1. The predicted octanol–water partition coefficient (Wildman–Crippen LogP) is 2.68. The Bertz CT molecular complexity index is 1310. The molecule has 0 bridgehead atoms. The zero-order chi connectivity index (χ0) is 24.3. The predicted molar refractivity (Wildman–Crippen MR) is 130 cm³/mol. The van der Waals surface area contributed by atoms with E-state index in [1.54, 1.807) is 53.8 Å². The standard InChI is InChI=1S/C24H29N5O4S/c1-25-24(31)17-6-8-18(9-7-17)26-23(30)13-12-22-27-20-16-19(10-11-21(20)28(22)2)34(32,33)29-14-4-3-5-15-29/h6-11,16H,3-5,12-15H2,1-2H3,(H,25,31)(H,26,30). The van der Waals surface area contributed by atoms with E-state index in [2.05, 4.69) is 15.6 Å². The maximum atomic E-state index is 13.0. The van der Waals surface area contributed by atoms with Crippen molar-refractivity contribution in [3.8, 4) is 0 Å². The summed E-state index contributed by atoms with van der Waals surface area (Å²) in [6.45, 7) is 1.11. The van der Waals surface area contributed by atoms with Gasteiger partial charge in [-0.25, -0.2) is 13.4 Å². The molecule has 0 saturated carbocycles. The fraction of sp³-hybridized carbons (Fsp3) is 0.375. The Morgan fingerprint density at radius 2 is 1.74 bits per heavy atom. The van der Waals surface area contributed by atoms with Crippen LogP contribution in [0.5, 0.6) is 0 Å². The molecule has 10 heteroatoms. The Morgan fingerprint density at radius 3 is 2.41 bits per heavy atom. The minimum atomic E-state index is -3.53. The van der Waals surface area contributed by atoms with Gasteiger partial charge in [0.25, 0.3) is 5.91 Å². The number of anilines is 1. The van der Waals surface area contributed by atoms with Crippen molar-refractivity contribution in [2.75, 3.05) is 25.5 Å². The molecule has 1 aromatic heterocycles. The quantitative estimate of drug-likeness (QED) is 0.536. The average molecular weight is 484 g/mol. The number of benzene rings is 2. The highest BCUT2D eigenvalue weighted by Crippen LogP contribution is 2.25.